The van der Waals surface area contributed by atoms with Crippen LogP contribution < -0.4 is 10.1 Å². The van der Waals surface area contributed by atoms with Crippen LogP contribution in [0.25, 0.3) is 0 Å². The number of ether oxygens (including phenoxy) is 1. The lowest BCUT2D eigenvalue weighted by Gasteiger charge is -2.24. The third-order valence-corrected chi connectivity index (χ3v) is 13.9. The summed E-state index contributed by atoms with van der Waals surface area (Å²) in [4.78, 5) is 11.7. The van der Waals surface area contributed by atoms with Crippen LogP contribution in [0, 0.1) is 0 Å². The van der Waals surface area contributed by atoms with Gasteiger partial charge in [-0.25, -0.2) is 13.1 Å². The van der Waals surface area contributed by atoms with Crippen molar-refractivity contribution in [3.8, 4) is 0 Å². The highest BCUT2D eigenvalue weighted by Crippen LogP contribution is 2.24. The fourth-order valence-corrected chi connectivity index (χ4v) is 9.01. The highest BCUT2D eigenvalue weighted by atomic mass is 32.2. The Morgan fingerprint density at radius 2 is 1.47 bits per heavy atom. The van der Waals surface area contributed by atoms with E-state index in [1.54, 1.807) is 6.26 Å². The number of hydrogen-bond donors (Lipinski definition) is 1. The van der Waals surface area contributed by atoms with Gasteiger partial charge < -0.3 is 9.15 Å². The van der Waals surface area contributed by atoms with Gasteiger partial charge in [-0.05, 0) is 12.5 Å². The third-order valence-electron chi connectivity index (χ3n) is 7.11. The summed E-state index contributed by atoms with van der Waals surface area (Å²) in [5.74, 6) is -0.337. The van der Waals surface area contributed by atoms with Gasteiger partial charge in [0.1, 0.15) is 14.2 Å². The van der Waals surface area contributed by atoms with Crippen LogP contribution in [-0.2, 0) is 19.6 Å². The number of hydrogen-bond acceptors (Lipinski definition) is 5. The zero-order chi connectivity index (χ0) is 25.5. The maximum Gasteiger partial charge on any atom is 0.303 e. The average Bonchev–Trinajstić information content (AvgIpc) is 3.30. The van der Waals surface area contributed by atoms with Gasteiger partial charge in [0, 0.05) is 12.5 Å². The summed E-state index contributed by atoms with van der Waals surface area (Å²) < 4.78 is 39.1. The third kappa shape index (κ3) is 11.1. The zero-order valence-corrected chi connectivity index (χ0v) is 24.1. The molecule has 1 atom stereocenters. The van der Waals surface area contributed by atoms with Gasteiger partial charge in [-0.2, -0.15) is 0 Å². The molecule has 0 aromatic carbocycles. The number of esters is 1. The Morgan fingerprint density at radius 3 is 1.97 bits per heavy atom. The van der Waals surface area contributed by atoms with E-state index in [0.717, 1.165) is 41.9 Å². The quantitative estimate of drug-likeness (QED) is 0.123. The molecule has 198 valence electrons. The van der Waals surface area contributed by atoms with Gasteiger partial charge in [0.25, 0.3) is 0 Å². The number of rotatable bonds is 20. The number of unbranched alkanes of at least 4 members (excludes halogenated alkanes) is 9. The van der Waals surface area contributed by atoms with Crippen LogP contribution in [0.3, 0.4) is 0 Å². The highest BCUT2D eigenvalue weighted by Gasteiger charge is 2.34. The first-order chi connectivity index (χ1) is 16.2. The molecule has 0 aliphatic carbocycles. The van der Waals surface area contributed by atoms with E-state index in [1.807, 2.05) is 6.07 Å². The minimum atomic E-state index is -3.43. The second kappa shape index (κ2) is 16.5. The van der Waals surface area contributed by atoms with Crippen molar-refractivity contribution in [2.75, 3.05) is 12.3 Å². The molecule has 0 radical (unpaired) electrons. The van der Waals surface area contributed by atoms with Crippen molar-refractivity contribution in [2.24, 2.45) is 0 Å². The van der Waals surface area contributed by atoms with Gasteiger partial charge in [-0.1, -0.05) is 104 Å². The van der Waals surface area contributed by atoms with E-state index in [9.17, 15) is 13.2 Å². The van der Waals surface area contributed by atoms with E-state index >= 15 is 0 Å². The van der Waals surface area contributed by atoms with Gasteiger partial charge in [0.2, 0.25) is 10.0 Å². The molecule has 8 heteroatoms. The minimum Gasteiger partial charge on any atom is -0.474 e. The lowest BCUT2D eigenvalue weighted by Crippen LogP contribution is -2.45. The van der Waals surface area contributed by atoms with Crippen LogP contribution in [0.4, 0.5) is 0 Å². The van der Waals surface area contributed by atoms with E-state index in [2.05, 4.69) is 32.4 Å². The molecule has 0 saturated heterocycles. The van der Waals surface area contributed by atoms with Gasteiger partial charge in [-0.15, -0.1) is 0 Å². The average molecular weight is 516 g/mol. The maximum absolute atomic E-state index is 12.5. The Bertz CT molecular complexity index is 781. The van der Waals surface area contributed by atoms with Crippen molar-refractivity contribution in [1.82, 2.24) is 4.72 Å². The topological polar surface area (TPSA) is 85.6 Å². The summed E-state index contributed by atoms with van der Waals surface area (Å²) in [6.45, 7) is 10.2. The molecule has 34 heavy (non-hydrogen) atoms. The molecule has 0 aliphatic heterocycles. The molecule has 6 nitrogen and oxygen atoms in total. The van der Waals surface area contributed by atoms with Crippen LogP contribution in [-0.4, -0.2) is 34.8 Å². The van der Waals surface area contributed by atoms with Crippen molar-refractivity contribution in [1.29, 1.82) is 0 Å². The molecule has 1 aromatic heterocycles. The van der Waals surface area contributed by atoms with Crippen LogP contribution >= 0.6 is 0 Å². The van der Waals surface area contributed by atoms with Crippen molar-refractivity contribution >= 4 is 29.4 Å². The molecule has 1 aromatic rings. The Morgan fingerprint density at radius 1 is 0.941 bits per heavy atom. The summed E-state index contributed by atoms with van der Waals surface area (Å²) >= 11 is 0. The second-order valence-corrected chi connectivity index (χ2v) is 16.6. The van der Waals surface area contributed by atoms with Crippen molar-refractivity contribution in [2.45, 2.75) is 123 Å². The molecule has 0 spiro atoms. The number of nitrogens with one attached hydrogen (secondary N) is 1. The molecular formula is C26H49NO5SSi. The molecule has 0 bridgehead atoms. The minimum absolute atomic E-state index is 0.0254. The van der Waals surface area contributed by atoms with E-state index in [-0.39, 0.29) is 12.3 Å². The van der Waals surface area contributed by atoms with Gasteiger partial charge in [0.05, 0.1) is 23.9 Å². The smallest absolute Gasteiger partial charge is 0.303 e. The first-order valence-corrected chi connectivity index (χ1v) is 17.7. The monoisotopic (exact) mass is 515 g/mol. The number of sulfonamides is 1. The lowest BCUT2D eigenvalue weighted by molar-refractivity contribution is -0.146. The normalized spacial score (nSPS) is 13.2. The molecule has 0 aliphatic rings. The largest absolute Gasteiger partial charge is 0.474 e. The molecular weight excluding hydrogens is 466 g/mol. The van der Waals surface area contributed by atoms with Crippen molar-refractivity contribution in [3.05, 3.63) is 17.9 Å². The van der Waals surface area contributed by atoms with Gasteiger partial charge in [0.15, 0.2) is 0 Å². The lowest BCUT2D eigenvalue weighted by atomic mass is 10.1. The summed E-state index contributed by atoms with van der Waals surface area (Å²) in [5, 5.41) is 1.00. The Kier molecular flexibility index (Phi) is 15.0. The second-order valence-electron chi connectivity index (χ2n) is 9.53. The fourth-order valence-electron chi connectivity index (χ4n) is 4.55. The molecule has 1 unspecified atom stereocenters. The molecule has 1 heterocycles. The van der Waals surface area contributed by atoms with Crippen LogP contribution in [0.1, 0.15) is 110 Å². The van der Waals surface area contributed by atoms with Gasteiger partial charge >= 0.3 is 5.97 Å². The molecule has 0 saturated carbocycles. The first kappa shape index (κ1) is 30.9. The summed E-state index contributed by atoms with van der Waals surface area (Å²) in [5.41, 5.74) is 0.721. The number of furan rings is 1. The summed E-state index contributed by atoms with van der Waals surface area (Å²) in [6.07, 6.45) is 12.5. The van der Waals surface area contributed by atoms with E-state index < -0.39 is 30.2 Å². The fraction of sp³-hybridized carbons (Fsp3) is 0.808. The Hall–Kier alpha value is -1.12. The number of carbonyl (C=O) groups excluding carboxylic acids is 1. The zero-order valence-electron chi connectivity index (χ0n) is 22.3. The summed E-state index contributed by atoms with van der Waals surface area (Å²) in [7, 11) is -5.13. The predicted molar refractivity (Wildman–Crippen MR) is 144 cm³/mol. The first-order valence-electron chi connectivity index (χ1n) is 13.5. The Balaban J connectivity index is 2.53. The number of carbonyl (C=O) groups is 1. The van der Waals surface area contributed by atoms with Crippen LogP contribution in [0.15, 0.2) is 16.7 Å². The molecule has 1 N–H and O–H groups in total. The standard InChI is InChI=1S/C26H49NO5SSi/c1-6-10-11-12-13-14-15-16-17-18-19-33(29,30)27-21-25(32-23(5)28)24-20-26(31-22-24)34(7-2,8-3)9-4/h20,22,25,27H,6-19,21H2,1-5H3. The highest BCUT2D eigenvalue weighted by molar-refractivity contribution is 7.89. The molecule has 0 fully saturated rings. The van der Waals surface area contributed by atoms with Crippen LogP contribution in [0.5, 0.6) is 0 Å². The Labute approximate surface area is 209 Å². The van der Waals surface area contributed by atoms with E-state index in [4.69, 9.17) is 9.15 Å². The SMILES string of the molecule is CCCCCCCCCCCCS(=O)(=O)NCC(OC(C)=O)c1coc([Si](CC)(CC)CC)c1. The van der Waals surface area contributed by atoms with E-state index in [0.29, 0.717) is 6.42 Å². The molecule has 0 amide bonds. The van der Waals surface area contributed by atoms with Crippen molar-refractivity contribution < 1.29 is 22.4 Å². The van der Waals surface area contributed by atoms with Gasteiger partial charge in [-0.3, -0.25) is 4.79 Å². The maximum atomic E-state index is 12.5. The summed E-state index contributed by atoms with van der Waals surface area (Å²) in [6, 6.07) is 5.22. The predicted octanol–water partition coefficient (Wildman–Crippen LogP) is 6.44. The van der Waals surface area contributed by atoms with Crippen molar-refractivity contribution in [3.63, 3.8) is 0 Å². The van der Waals surface area contributed by atoms with Crippen LogP contribution in [0.2, 0.25) is 18.1 Å². The molecule has 1 rings (SSSR count). The van der Waals surface area contributed by atoms with E-state index in [1.165, 1.54) is 51.9 Å².